The molecule has 4 aromatic rings. The molecule has 0 saturated heterocycles. The van der Waals surface area contributed by atoms with Crippen molar-refractivity contribution in [3.8, 4) is 0 Å². The molecule has 0 amide bonds. The highest BCUT2D eigenvalue weighted by molar-refractivity contribution is 7.98. The summed E-state index contributed by atoms with van der Waals surface area (Å²) in [5, 5.41) is 1.18. The van der Waals surface area contributed by atoms with Crippen molar-refractivity contribution < 1.29 is 8.42 Å². The molecule has 0 radical (unpaired) electrons. The molecule has 0 fully saturated rings. The van der Waals surface area contributed by atoms with Crippen molar-refractivity contribution in [3.05, 3.63) is 95.2 Å². The molecule has 0 saturated carbocycles. The van der Waals surface area contributed by atoms with E-state index in [4.69, 9.17) is 0 Å². The Hall–Kier alpha value is -2.54. The summed E-state index contributed by atoms with van der Waals surface area (Å²) < 4.78 is 29.1. The van der Waals surface area contributed by atoms with Gasteiger partial charge in [0.15, 0.2) is 0 Å². The molecule has 2 heterocycles. The minimum atomic E-state index is -3.66. The zero-order chi connectivity index (χ0) is 21.6. The van der Waals surface area contributed by atoms with Gasteiger partial charge in [0, 0.05) is 28.0 Å². The van der Waals surface area contributed by atoms with Gasteiger partial charge in [0.05, 0.1) is 10.9 Å². The molecule has 5 rings (SSSR count). The summed E-state index contributed by atoms with van der Waals surface area (Å²) in [7, 11) is -3.66. The maximum absolute atomic E-state index is 13.7. The molecule has 1 aromatic heterocycles. The quantitative estimate of drug-likeness (QED) is 0.417. The highest BCUT2D eigenvalue weighted by Crippen LogP contribution is 2.41. The number of aromatic amines is 1. The van der Waals surface area contributed by atoms with Crippen LogP contribution in [0.1, 0.15) is 28.4 Å². The van der Waals surface area contributed by atoms with E-state index >= 15 is 0 Å². The minimum absolute atomic E-state index is 0.336. The van der Waals surface area contributed by atoms with Crippen LogP contribution in [-0.2, 0) is 16.4 Å². The van der Waals surface area contributed by atoms with Gasteiger partial charge >= 0.3 is 0 Å². The number of sulfonamides is 1. The molecule has 0 unspecified atom stereocenters. The highest BCUT2D eigenvalue weighted by atomic mass is 32.2. The largest absolute Gasteiger partial charge is 0.357 e. The summed E-state index contributed by atoms with van der Waals surface area (Å²) in [5.41, 5.74) is 5.25. The number of fused-ring (bicyclic) bond motifs is 3. The average Bonchev–Trinajstić information content (AvgIpc) is 3.17. The van der Waals surface area contributed by atoms with Gasteiger partial charge in [-0.2, -0.15) is 4.31 Å². The van der Waals surface area contributed by atoms with Crippen LogP contribution in [0, 0.1) is 6.92 Å². The van der Waals surface area contributed by atoms with Gasteiger partial charge in [-0.1, -0.05) is 48.0 Å². The molecule has 0 aliphatic carbocycles. The number of hydrogen-bond donors (Lipinski definition) is 1. The van der Waals surface area contributed by atoms with Gasteiger partial charge in [0.2, 0.25) is 10.0 Å². The molecule has 0 bridgehead atoms. The molecule has 4 nitrogen and oxygen atoms in total. The molecule has 1 aliphatic heterocycles. The van der Waals surface area contributed by atoms with Crippen LogP contribution in [0.25, 0.3) is 10.9 Å². The van der Waals surface area contributed by atoms with Gasteiger partial charge in [-0.25, -0.2) is 8.42 Å². The van der Waals surface area contributed by atoms with E-state index in [1.54, 1.807) is 28.2 Å². The Morgan fingerprint density at radius 3 is 2.39 bits per heavy atom. The third-order valence-electron chi connectivity index (χ3n) is 6.05. The third kappa shape index (κ3) is 3.49. The van der Waals surface area contributed by atoms with Gasteiger partial charge in [-0.05, 0) is 61.1 Å². The number of aryl methyl sites for hydroxylation is 1. The van der Waals surface area contributed by atoms with E-state index < -0.39 is 16.1 Å². The van der Waals surface area contributed by atoms with Crippen LogP contribution in [0.5, 0.6) is 0 Å². The Bertz CT molecular complexity index is 1340. The summed E-state index contributed by atoms with van der Waals surface area (Å²) in [6.07, 6.45) is 2.73. The fourth-order valence-electron chi connectivity index (χ4n) is 4.44. The van der Waals surface area contributed by atoms with Gasteiger partial charge in [-0.3, -0.25) is 0 Å². The highest BCUT2D eigenvalue weighted by Gasteiger charge is 2.39. The maximum Gasteiger partial charge on any atom is 0.244 e. The summed E-state index contributed by atoms with van der Waals surface area (Å²) in [6, 6.07) is 23.2. The van der Waals surface area contributed by atoms with Crippen LogP contribution in [0.4, 0.5) is 0 Å². The van der Waals surface area contributed by atoms with Crippen LogP contribution in [0.15, 0.2) is 82.6 Å². The number of hydrogen-bond acceptors (Lipinski definition) is 3. The number of para-hydroxylation sites is 1. The number of nitrogens with zero attached hydrogens (tertiary/aromatic N) is 1. The molecule has 158 valence electrons. The zero-order valence-electron chi connectivity index (χ0n) is 17.5. The van der Waals surface area contributed by atoms with E-state index in [1.165, 1.54) is 10.9 Å². The first-order chi connectivity index (χ1) is 15.0. The maximum atomic E-state index is 13.7. The van der Waals surface area contributed by atoms with Crippen molar-refractivity contribution in [2.45, 2.75) is 29.2 Å². The van der Waals surface area contributed by atoms with E-state index in [1.807, 2.05) is 37.4 Å². The van der Waals surface area contributed by atoms with Gasteiger partial charge < -0.3 is 4.98 Å². The Balaban J connectivity index is 1.69. The molecular formula is C25H24N2O2S2. The molecule has 0 spiro atoms. The predicted molar refractivity (Wildman–Crippen MR) is 127 cm³/mol. The van der Waals surface area contributed by atoms with Crippen LogP contribution in [-0.4, -0.2) is 30.5 Å². The Kier molecular flexibility index (Phi) is 5.16. The fraction of sp³-hybridized carbons (Fsp3) is 0.200. The lowest BCUT2D eigenvalue weighted by Crippen LogP contribution is -2.40. The van der Waals surface area contributed by atoms with Crippen LogP contribution in [0.3, 0.4) is 0 Å². The molecule has 1 N–H and O–H groups in total. The van der Waals surface area contributed by atoms with Crippen molar-refractivity contribution in [2.75, 3.05) is 12.8 Å². The SMILES string of the molecule is CSc1ccc([C@@H]2c3[nH]c4ccccc4c3CCN2S(=O)(=O)c2ccc(C)cc2)cc1. The second-order valence-electron chi connectivity index (χ2n) is 7.92. The second-order valence-corrected chi connectivity index (χ2v) is 10.7. The van der Waals surface area contributed by atoms with Crippen molar-refractivity contribution in [2.24, 2.45) is 0 Å². The van der Waals surface area contributed by atoms with Crippen molar-refractivity contribution in [1.29, 1.82) is 0 Å². The fourth-order valence-corrected chi connectivity index (χ4v) is 6.44. The second kappa shape index (κ2) is 7.86. The number of rotatable bonds is 4. The molecule has 31 heavy (non-hydrogen) atoms. The first-order valence-corrected chi connectivity index (χ1v) is 13.0. The van der Waals surface area contributed by atoms with E-state index in [0.717, 1.165) is 27.2 Å². The number of nitrogens with one attached hydrogen (secondary N) is 1. The lowest BCUT2D eigenvalue weighted by molar-refractivity contribution is 0.340. The normalized spacial score (nSPS) is 17.0. The average molecular weight is 449 g/mol. The number of benzene rings is 3. The summed E-state index contributed by atoms with van der Waals surface area (Å²) in [5.74, 6) is 0. The molecule has 3 aromatic carbocycles. The van der Waals surface area contributed by atoms with Crippen LogP contribution >= 0.6 is 11.8 Å². The van der Waals surface area contributed by atoms with Crippen molar-refractivity contribution >= 4 is 32.7 Å². The Labute approximate surface area is 187 Å². The Morgan fingerprint density at radius 1 is 0.968 bits per heavy atom. The lowest BCUT2D eigenvalue weighted by Gasteiger charge is -2.35. The number of H-pyrrole nitrogens is 1. The summed E-state index contributed by atoms with van der Waals surface area (Å²) in [6.45, 7) is 2.41. The van der Waals surface area contributed by atoms with Gasteiger partial charge in [-0.15, -0.1) is 11.8 Å². The van der Waals surface area contributed by atoms with Crippen molar-refractivity contribution in [3.63, 3.8) is 0 Å². The minimum Gasteiger partial charge on any atom is -0.357 e. The summed E-state index contributed by atoms with van der Waals surface area (Å²) >= 11 is 1.68. The molecule has 6 heteroatoms. The van der Waals surface area contributed by atoms with Crippen molar-refractivity contribution in [1.82, 2.24) is 9.29 Å². The van der Waals surface area contributed by atoms with E-state index in [-0.39, 0.29) is 0 Å². The number of aromatic nitrogens is 1. The van der Waals surface area contributed by atoms with Gasteiger partial charge in [0.25, 0.3) is 0 Å². The Morgan fingerprint density at radius 2 is 1.68 bits per heavy atom. The van der Waals surface area contributed by atoms with Crippen LogP contribution < -0.4 is 0 Å². The molecule has 1 aliphatic rings. The first-order valence-electron chi connectivity index (χ1n) is 10.3. The topological polar surface area (TPSA) is 53.2 Å². The van der Waals surface area contributed by atoms with Gasteiger partial charge in [0.1, 0.15) is 0 Å². The lowest BCUT2D eigenvalue weighted by atomic mass is 9.94. The monoisotopic (exact) mass is 448 g/mol. The van der Waals surface area contributed by atoms with E-state index in [0.29, 0.717) is 17.9 Å². The third-order valence-corrected chi connectivity index (χ3v) is 8.67. The summed E-state index contributed by atoms with van der Waals surface area (Å²) in [4.78, 5) is 5.04. The smallest absolute Gasteiger partial charge is 0.244 e. The standard InChI is InChI=1S/C25H24N2O2S2/c1-17-7-13-20(14-8-17)31(28,29)27-16-15-22-21-5-3-4-6-23(21)26-24(22)25(27)18-9-11-19(30-2)12-10-18/h3-14,25-26H,15-16H2,1-2H3/t25-/m1/s1. The molecule has 1 atom stereocenters. The van der Waals surface area contributed by atoms with E-state index in [9.17, 15) is 8.42 Å². The number of thioether (sulfide) groups is 1. The predicted octanol–water partition coefficient (Wildman–Crippen LogP) is 5.53. The molecular weight excluding hydrogens is 424 g/mol. The van der Waals surface area contributed by atoms with E-state index in [2.05, 4.69) is 41.4 Å². The van der Waals surface area contributed by atoms with Crippen LogP contribution in [0.2, 0.25) is 0 Å². The zero-order valence-corrected chi connectivity index (χ0v) is 19.1. The first kappa shape index (κ1) is 20.4.